The van der Waals surface area contributed by atoms with E-state index in [1.165, 1.54) is 12.3 Å². The Kier molecular flexibility index (Phi) is 5.23. The normalized spacial score (nSPS) is 11.2. The Labute approximate surface area is 140 Å². The van der Waals surface area contributed by atoms with E-state index in [0.29, 0.717) is 16.0 Å². The molecule has 0 bridgehead atoms. The van der Waals surface area contributed by atoms with Crippen LogP contribution in [-0.4, -0.2) is 19.9 Å². The van der Waals surface area contributed by atoms with Crippen molar-refractivity contribution in [2.24, 2.45) is 0 Å². The van der Waals surface area contributed by atoms with Gasteiger partial charge >= 0.3 is 0 Å². The van der Waals surface area contributed by atoms with Gasteiger partial charge in [0.05, 0.1) is 5.69 Å². The first-order chi connectivity index (χ1) is 9.92. The topological polar surface area (TPSA) is 71.1 Å². The Bertz CT molecular complexity index is 734. The highest BCUT2D eigenvalue weighted by Crippen LogP contribution is 2.28. The summed E-state index contributed by atoms with van der Waals surface area (Å²) in [5.41, 5.74) is 0.467. The van der Waals surface area contributed by atoms with Gasteiger partial charge in [0.25, 0.3) is 10.0 Å². The van der Waals surface area contributed by atoms with Crippen LogP contribution in [0.15, 0.2) is 50.4 Å². The number of nitrogens with one attached hydrogen (secondary N) is 2. The van der Waals surface area contributed by atoms with Gasteiger partial charge in [0.1, 0.15) is 10.7 Å². The molecule has 0 spiro atoms. The number of nitrogens with zero attached hydrogens (tertiary/aromatic N) is 1. The van der Waals surface area contributed by atoms with Gasteiger partial charge < -0.3 is 5.32 Å². The zero-order valence-electron chi connectivity index (χ0n) is 11.1. The fourth-order valence-electron chi connectivity index (χ4n) is 1.60. The van der Waals surface area contributed by atoms with Crippen molar-refractivity contribution in [2.75, 3.05) is 16.6 Å². The maximum Gasteiger partial charge on any atom is 0.263 e. The van der Waals surface area contributed by atoms with Gasteiger partial charge in [-0.15, -0.1) is 0 Å². The second kappa shape index (κ2) is 6.76. The van der Waals surface area contributed by atoms with E-state index < -0.39 is 10.0 Å². The third-order valence-corrected chi connectivity index (χ3v) is 5.08. The minimum Gasteiger partial charge on any atom is -0.370 e. The Morgan fingerprint density at radius 3 is 2.52 bits per heavy atom. The van der Waals surface area contributed by atoms with Crippen molar-refractivity contribution in [3.63, 3.8) is 0 Å². The molecule has 0 saturated carbocycles. The number of hydrogen-bond acceptors (Lipinski definition) is 4. The molecule has 2 N–H and O–H groups in total. The molecule has 0 fully saturated rings. The van der Waals surface area contributed by atoms with Crippen LogP contribution < -0.4 is 10.0 Å². The lowest BCUT2D eigenvalue weighted by atomic mass is 10.3. The predicted octanol–water partition coefficient (Wildman–Crippen LogP) is 3.84. The number of halogens is 2. The number of benzene rings is 1. The summed E-state index contributed by atoms with van der Waals surface area (Å²) in [5, 5.41) is 3.01. The van der Waals surface area contributed by atoms with Gasteiger partial charge in [0, 0.05) is 21.7 Å². The lowest BCUT2D eigenvalue weighted by Crippen LogP contribution is -2.14. The van der Waals surface area contributed by atoms with E-state index in [0.717, 1.165) is 11.0 Å². The third kappa shape index (κ3) is 4.18. The van der Waals surface area contributed by atoms with Crippen molar-refractivity contribution < 1.29 is 8.42 Å². The van der Waals surface area contributed by atoms with Crippen LogP contribution in [0, 0.1) is 0 Å². The number of sulfonamides is 1. The van der Waals surface area contributed by atoms with Crippen molar-refractivity contribution in [1.29, 1.82) is 0 Å². The molecule has 0 aliphatic rings. The van der Waals surface area contributed by atoms with Gasteiger partial charge in [-0.2, -0.15) is 0 Å². The van der Waals surface area contributed by atoms with Crippen LogP contribution in [0.3, 0.4) is 0 Å². The molecule has 0 saturated heterocycles. The molecular formula is C13H13Br2N3O2S. The van der Waals surface area contributed by atoms with Gasteiger partial charge in [0.15, 0.2) is 0 Å². The lowest BCUT2D eigenvalue weighted by molar-refractivity contribution is 0.601. The summed E-state index contributed by atoms with van der Waals surface area (Å²) in [6, 6.07) is 8.35. The maximum atomic E-state index is 12.3. The minimum atomic E-state index is -3.67. The van der Waals surface area contributed by atoms with Crippen LogP contribution in [0.5, 0.6) is 0 Å². The average Bonchev–Trinajstić information content (AvgIpc) is 2.43. The van der Waals surface area contributed by atoms with Crippen LogP contribution in [0.4, 0.5) is 11.5 Å². The molecule has 1 heterocycles. The first kappa shape index (κ1) is 16.3. The summed E-state index contributed by atoms with van der Waals surface area (Å²) < 4.78 is 28.6. The van der Waals surface area contributed by atoms with Gasteiger partial charge in [0.2, 0.25) is 0 Å². The molecule has 112 valence electrons. The summed E-state index contributed by atoms with van der Waals surface area (Å²) in [5.74, 6) is 0.640. The van der Waals surface area contributed by atoms with Gasteiger partial charge in [-0.1, -0.05) is 15.9 Å². The standard InChI is InChI=1S/C13H13Br2N3O2S/c1-2-16-13-6-4-10(8-17-13)21(19,20)18-12-5-3-9(14)7-11(12)15/h3-8,18H,2H2,1H3,(H,16,17). The highest BCUT2D eigenvalue weighted by Gasteiger charge is 2.16. The summed E-state index contributed by atoms with van der Waals surface area (Å²) in [7, 11) is -3.67. The van der Waals surface area contributed by atoms with Crippen molar-refractivity contribution in [3.05, 3.63) is 45.5 Å². The summed E-state index contributed by atoms with van der Waals surface area (Å²) in [6.45, 7) is 2.67. The number of pyridine rings is 1. The fourth-order valence-corrected chi connectivity index (χ4v) is 3.90. The summed E-state index contributed by atoms with van der Waals surface area (Å²) in [6.07, 6.45) is 1.33. The Balaban J connectivity index is 2.25. The Morgan fingerprint density at radius 1 is 1.19 bits per heavy atom. The molecule has 0 unspecified atom stereocenters. The van der Waals surface area contributed by atoms with Crippen molar-refractivity contribution in [1.82, 2.24) is 4.98 Å². The maximum absolute atomic E-state index is 12.3. The number of aromatic nitrogens is 1. The highest BCUT2D eigenvalue weighted by molar-refractivity contribution is 9.11. The summed E-state index contributed by atoms with van der Waals surface area (Å²) in [4.78, 5) is 4.17. The number of hydrogen-bond donors (Lipinski definition) is 2. The quantitative estimate of drug-likeness (QED) is 0.749. The fraction of sp³-hybridized carbons (Fsp3) is 0.154. The van der Waals surface area contributed by atoms with Crippen LogP contribution >= 0.6 is 31.9 Å². The zero-order chi connectivity index (χ0) is 15.5. The van der Waals surface area contributed by atoms with E-state index in [9.17, 15) is 8.42 Å². The first-order valence-corrected chi connectivity index (χ1v) is 9.17. The molecule has 0 radical (unpaired) electrons. The predicted molar refractivity (Wildman–Crippen MR) is 91.1 cm³/mol. The molecule has 8 heteroatoms. The Morgan fingerprint density at radius 2 is 1.95 bits per heavy atom. The molecular weight excluding hydrogens is 422 g/mol. The largest absolute Gasteiger partial charge is 0.370 e. The number of rotatable bonds is 5. The molecule has 2 aromatic rings. The molecule has 0 aliphatic heterocycles. The van der Waals surface area contributed by atoms with Crippen LogP contribution in [-0.2, 0) is 10.0 Å². The van der Waals surface area contributed by atoms with E-state index in [4.69, 9.17) is 0 Å². The minimum absolute atomic E-state index is 0.110. The third-order valence-electron chi connectivity index (χ3n) is 2.58. The number of anilines is 2. The van der Waals surface area contributed by atoms with Gasteiger partial charge in [-0.3, -0.25) is 4.72 Å². The monoisotopic (exact) mass is 433 g/mol. The smallest absolute Gasteiger partial charge is 0.263 e. The Hall–Kier alpha value is -1.12. The van der Waals surface area contributed by atoms with Crippen molar-refractivity contribution in [2.45, 2.75) is 11.8 Å². The van der Waals surface area contributed by atoms with Crippen LogP contribution in [0.1, 0.15) is 6.92 Å². The second-order valence-electron chi connectivity index (χ2n) is 4.14. The summed E-state index contributed by atoms with van der Waals surface area (Å²) >= 11 is 6.64. The molecule has 2 rings (SSSR count). The molecule has 0 atom stereocenters. The first-order valence-electron chi connectivity index (χ1n) is 6.10. The molecule has 1 aromatic heterocycles. The molecule has 0 aliphatic carbocycles. The van der Waals surface area contributed by atoms with E-state index >= 15 is 0 Å². The van der Waals surface area contributed by atoms with Gasteiger partial charge in [-0.25, -0.2) is 13.4 Å². The average molecular weight is 435 g/mol. The molecule has 21 heavy (non-hydrogen) atoms. The van der Waals surface area contributed by atoms with E-state index in [-0.39, 0.29) is 4.90 Å². The van der Waals surface area contributed by atoms with Gasteiger partial charge in [-0.05, 0) is 53.2 Å². The van der Waals surface area contributed by atoms with Crippen LogP contribution in [0.2, 0.25) is 0 Å². The SMILES string of the molecule is CCNc1ccc(S(=O)(=O)Nc2ccc(Br)cc2Br)cn1. The second-order valence-corrected chi connectivity index (χ2v) is 7.59. The molecule has 0 amide bonds. The molecule has 5 nitrogen and oxygen atoms in total. The van der Waals surface area contributed by atoms with E-state index in [2.05, 4.69) is 46.9 Å². The molecule has 1 aromatic carbocycles. The lowest BCUT2D eigenvalue weighted by Gasteiger charge is -2.10. The van der Waals surface area contributed by atoms with E-state index in [1.54, 1.807) is 24.3 Å². The zero-order valence-corrected chi connectivity index (χ0v) is 15.1. The van der Waals surface area contributed by atoms with E-state index in [1.807, 2.05) is 6.92 Å². The van der Waals surface area contributed by atoms with Crippen molar-refractivity contribution >= 4 is 53.4 Å². The highest BCUT2D eigenvalue weighted by atomic mass is 79.9. The van der Waals surface area contributed by atoms with Crippen molar-refractivity contribution in [3.8, 4) is 0 Å². The van der Waals surface area contributed by atoms with Crippen LogP contribution in [0.25, 0.3) is 0 Å².